The largest absolute Gasteiger partial charge is 0.309 e. The van der Waals surface area contributed by atoms with Gasteiger partial charge in [-0.25, -0.2) is 0 Å². The zero-order valence-corrected chi connectivity index (χ0v) is 31.8. The average molecular weight is 736 g/mol. The number of fused-ring (bicyclic) bond motifs is 12. The number of hydrogen-bond donors (Lipinski definition) is 0. The summed E-state index contributed by atoms with van der Waals surface area (Å²) >= 11 is 0. The maximum Gasteiger partial charge on any atom is 0.0725 e. The van der Waals surface area contributed by atoms with Crippen molar-refractivity contribution in [2.45, 2.75) is 5.41 Å². The predicted octanol–water partition coefficient (Wildman–Crippen LogP) is 15.1. The summed E-state index contributed by atoms with van der Waals surface area (Å²) in [7, 11) is 0. The molecule has 10 aromatic rings. The number of para-hydroxylation sites is 1. The Morgan fingerprint density at radius 2 is 0.828 bits per heavy atom. The van der Waals surface area contributed by atoms with Gasteiger partial charge in [0, 0.05) is 16.8 Å². The third-order valence-corrected chi connectivity index (χ3v) is 12.7. The second-order valence-electron chi connectivity index (χ2n) is 15.5. The van der Waals surface area contributed by atoms with Crippen LogP contribution in [0.5, 0.6) is 0 Å². The standard InChI is InChI=1S/C57H37N/c1-2-19-40(20-3-1)55-43-22-7-6-18-39(43)34-36-54(55)58(42-35-33-38-17-4-5-21-41(38)37-42)53-32-15-11-25-46(53)47-27-16-31-52-56(47)48-26-10-14-30-51(48)57(52)49-28-12-8-23-44(49)45-24-9-13-29-50(45)57/h1-37H. The van der Waals surface area contributed by atoms with E-state index >= 15 is 0 Å². The zero-order valence-electron chi connectivity index (χ0n) is 31.8. The van der Waals surface area contributed by atoms with Crippen molar-refractivity contribution in [1.82, 2.24) is 0 Å². The lowest BCUT2D eigenvalue weighted by Gasteiger charge is -2.32. The minimum absolute atomic E-state index is 0.416. The van der Waals surface area contributed by atoms with Gasteiger partial charge in [-0.05, 0) is 101 Å². The lowest BCUT2D eigenvalue weighted by Crippen LogP contribution is -2.25. The molecule has 0 atom stereocenters. The second-order valence-corrected chi connectivity index (χ2v) is 15.5. The van der Waals surface area contributed by atoms with E-state index in [1.807, 2.05) is 0 Å². The van der Waals surface area contributed by atoms with E-state index in [-0.39, 0.29) is 0 Å². The Labute approximate surface area is 338 Å². The summed E-state index contributed by atoms with van der Waals surface area (Å²) in [6, 6.07) is 83.1. The van der Waals surface area contributed by atoms with E-state index in [9.17, 15) is 0 Å². The van der Waals surface area contributed by atoms with Gasteiger partial charge in [0.1, 0.15) is 0 Å². The summed E-state index contributed by atoms with van der Waals surface area (Å²) in [4.78, 5) is 2.51. The van der Waals surface area contributed by atoms with E-state index in [0.29, 0.717) is 0 Å². The molecule has 58 heavy (non-hydrogen) atoms. The molecular formula is C57H37N. The molecule has 12 rings (SSSR count). The monoisotopic (exact) mass is 735 g/mol. The maximum atomic E-state index is 2.51. The number of anilines is 3. The zero-order chi connectivity index (χ0) is 38.2. The van der Waals surface area contributed by atoms with Crippen LogP contribution in [0.15, 0.2) is 224 Å². The van der Waals surface area contributed by atoms with Gasteiger partial charge < -0.3 is 4.90 Å². The molecule has 1 spiro atoms. The van der Waals surface area contributed by atoms with E-state index in [4.69, 9.17) is 0 Å². The Kier molecular flexibility index (Phi) is 7.21. The Balaban J connectivity index is 1.17. The van der Waals surface area contributed by atoms with Crippen LogP contribution in [0.25, 0.3) is 66.1 Å². The molecule has 0 aromatic heterocycles. The highest BCUT2D eigenvalue weighted by molar-refractivity contribution is 6.08. The van der Waals surface area contributed by atoms with Crippen LogP contribution in [0.2, 0.25) is 0 Å². The number of benzene rings is 10. The maximum absolute atomic E-state index is 2.51. The molecule has 0 fully saturated rings. The van der Waals surface area contributed by atoms with Crippen molar-refractivity contribution < 1.29 is 0 Å². The van der Waals surface area contributed by atoms with Gasteiger partial charge in [0.2, 0.25) is 0 Å². The first kappa shape index (κ1) is 32.7. The Hall–Kier alpha value is -7.48. The van der Waals surface area contributed by atoms with Crippen molar-refractivity contribution in [3.63, 3.8) is 0 Å². The van der Waals surface area contributed by atoms with Crippen molar-refractivity contribution in [3.8, 4) is 44.5 Å². The molecule has 2 aliphatic carbocycles. The van der Waals surface area contributed by atoms with Crippen LogP contribution in [0, 0.1) is 0 Å². The smallest absolute Gasteiger partial charge is 0.0725 e. The minimum Gasteiger partial charge on any atom is -0.309 e. The quantitative estimate of drug-likeness (QED) is 0.170. The Morgan fingerprint density at radius 1 is 0.293 bits per heavy atom. The fraction of sp³-hybridized carbons (Fsp3) is 0.0175. The summed E-state index contributed by atoms with van der Waals surface area (Å²) in [5, 5.41) is 4.88. The Morgan fingerprint density at radius 3 is 1.59 bits per heavy atom. The molecule has 0 saturated carbocycles. The van der Waals surface area contributed by atoms with Crippen molar-refractivity contribution >= 4 is 38.6 Å². The van der Waals surface area contributed by atoms with Crippen LogP contribution in [0.1, 0.15) is 22.3 Å². The average Bonchev–Trinajstić information content (AvgIpc) is 3.77. The van der Waals surface area contributed by atoms with Crippen molar-refractivity contribution in [3.05, 3.63) is 247 Å². The molecule has 2 aliphatic rings. The molecule has 0 amide bonds. The molecule has 0 bridgehead atoms. The van der Waals surface area contributed by atoms with Gasteiger partial charge in [-0.3, -0.25) is 0 Å². The third kappa shape index (κ3) is 4.59. The predicted molar refractivity (Wildman–Crippen MR) is 243 cm³/mol. The molecular weight excluding hydrogens is 699 g/mol. The van der Waals surface area contributed by atoms with Crippen LogP contribution >= 0.6 is 0 Å². The molecule has 1 nitrogen and oxygen atoms in total. The van der Waals surface area contributed by atoms with E-state index in [1.54, 1.807) is 0 Å². The van der Waals surface area contributed by atoms with Crippen LogP contribution < -0.4 is 4.90 Å². The molecule has 10 aromatic carbocycles. The van der Waals surface area contributed by atoms with Crippen molar-refractivity contribution in [1.29, 1.82) is 0 Å². The summed E-state index contributed by atoms with van der Waals surface area (Å²) in [5.41, 5.74) is 18.4. The number of rotatable bonds is 5. The summed E-state index contributed by atoms with van der Waals surface area (Å²) in [6.07, 6.45) is 0. The summed E-state index contributed by atoms with van der Waals surface area (Å²) in [6.45, 7) is 0. The van der Waals surface area contributed by atoms with Gasteiger partial charge in [0.25, 0.3) is 0 Å². The van der Waals surface area contributed by atoms with Crippen LogP contribution in [-0.4, -0.2) is 0 Å². The fourth-order valence-corrected chi connectivity index (χ4v) is 10.3. The highest BCUT2D eigenvalue weighted by atomic mass is 15.1. The second kappa shape index (κ2) is 12.8. The highest BCUT2D eigenvalue weighted by Gasteiger charge is 2.52. The van der Waals surface area contributed by atoms with Gasteiger partial charge in [0.15, 0.2) is 0 Å². The van der Waals surface area contributed by atoms with Gasteiger partial charge in [-0.1, -0.05) is 200 Å². The molecule has 0 aliphatic heterocycles. The lowest BCUT2D eigenvalue weighted by atomic mass is 9.70. The Bertz CT molecular complexity index is 3200. The number of nitrogens with zero attached hydrogens (tertiary/aromatic N) is 1. The first-order chi connectivity index (χ1) is 28.8. The van der Waals surface area contributed by atoms with E-state index in [2.05, 4.69) is 229 Å². The van der Waals surface area contributed by atoms with E-state index in [1.165, 1.54) is 88.3 Å². The van der Waals surface area contributed by atoms with Gasteiger partial charge in [-0.2, -0.15) is 0 Å². The van der Waals surface area contributed by atoms with Crippen LogP contribution in [-0.2, 0) is 5.41 Å². The fourth-order valence-electron chi connectivity index (χ4n) is 10.3. The molecule has 0 N–H and O–H groups in total. The van der Waals surface area contributed by atoms with Crippen molar-refractivity contribution in [2.24, 2.45) is 0 Å². The molecule has 270 valence electrons. The molecule has 0 heterocycles. The minimum atomic E-state index is -0.416. The SMILES string of the molecule is c1ccc(-c2c(N(c3ccc4ccccc4c3)c3ccccc3-c3cccc4c3-c3ccccc3C43c4ccccc4-c4ccccc43)ccc3ccccc23)cc1. The van der Waals surface area contributed by atoms with E-state index < -0.39 is 5.41 Å². The molecule has 1 heteroatoms. The first-order valence-corrected chi connectivity index (χ1v) is 20.2. The van der Waals surface area contributed by atoms with Gasteiger partial charge in [-0.15, -0.1) is 0 Å². The molecule has 0 saturated heterocycles. The number of hydrogen-bond acceptors (Lipinski definition) is 1. The molecule has 0 radical (unpaired) electrons. The first-order valence-electron chi connectivity index (χ1n) is 20.2. The molecule has 0 unspecified atom stereocenters. The van der Waals surface area contributed by atoms with Gasteiger partial charge in [0.05, 0.1) is 16.8 Å². The van der Waals surface area contributed by atoms with Crippen LogP contribution in [0.4, 0.5) is 17.1 Å². The topological polar surface area (TPSA) is 3.24 Å². The normalized spacial score (nSPS) is 13.0. The summed E-state index contributed by atoms with van der Waals surface area (Å²) in [5.74, 6) is 0. The summed E-state index contributed by atoms with van der Waals surface area (Å²) < 4.78 is 0. The lowest BCUT2D eigenvalue weighted by molar-refractivity contribution is 0.794. The van der Waals surface area contributed by atoms with Gasteiger partial charge >= 0.3 is 0 Å². The highest BCUT2D eigenvalue weighted by Crippen LogP contribution is 2.64. The third-order valence-electron chi connectivity index (χ3n) is 12.7. The van der Waals surface area contributed by atoms with E-state index in [0.717, 1.165) is 17.1 Å². The van der Waals surface area contributed by atoms with Crippen LogP contribution in [0.3, 0.4) is 0 Å². The van der Waals surface area contributed by atoms with Crippen molar-refractivity contribution in [2.75, 3.05) is 4.90 Å².